The number of nitrogens with zero attached hydrogens (tertiary/aromatic N) is 1. The summed E-state index contributed by atoms with van der Waals surface area (Å²) in [4.78, 5) is 29.9. The average Bonchev–Trinajstić information content (AvgIpc) is 3.16. The molecule has 3 fully saturated rings. The van der Waals surface area contributed by atoms with E-state index in [1.165, 1.54) is 6.08 Å². The van der Waals surface area contributed by atoms with Crippen molar-refractivity contribution in [3.63, 3.8) is 0 Å². The molecule has 5 rings (SSSR count). The second-order valence-corrected chi connectivity index (χ2v) is 13.3. The van der Waals surface area contributed by atoms with Crippen molar-refractivity contribution in [3.05, 3.63) is 78.4 Å². The molecule has 41 heavy (non-hydrogen) atoms. The fourth-order valence-corrected chi connectivity index (χ4v) is 7.71. The Morgan fingerprint density at radius 1 is 1.05 bits per heavy atom. The third-order valence-electron chi connectivity index (χ3n) is 8.49. The number of allylic oxidation sites excluding steroid dienone is 1. The summed E-state index contributed by atoms with van der Waals surface area (Å²) in [6, 6.07) is 20.1. The lowest BCUT2D eigenvalue weighted by Crippen LogP contribution is -2.59. The Kier molecular flexibility index (Phi) is 8.95. The first-order valence-electron chi connectivity index (χ1n) is 14.4. The SMILES string of the molecule is CCOC(=O)/C=C/[C@@H]1CC2(C[C@@H]3[C@@H](Sc4ccccc4)N(C)C(=O)[C@]13COCc1ccccc1)OCC(C)(C)CO2. The molecule has 0 bridgehead atoms. The highest BCUT2D eigenvalue weighted by Crippen LogP contribution is 2.61. The molecular formula is C33H41NO6S. The minimum Gasteiger partial charge on any atom is -0.463 e. The molecule has 2 aliphatic heterocycles. The maximum Gasteiger partial charge on any atom is 0.330 e. The summed E-state index contributed by atoms with van der Waals surface area (Å²) in [6.07, 6.45) is 4.31. The number of benzene rings is 2. The molecule has 0 radical (unpaired) electrons. The van der Waals surface area contributed by atoms with E-state index in [2.05, 4.69) is 26.0 Å². The Morgan fingerprint density at radius 2 is 1.71 bits per heavy atom. The smallest absolute Gasteiger partial charge is 0.330 e. The summed E-state index contributed by atoms with van der Waals surface area (Å²) in [7, 11) is 1.88. The van der Waals surface area contributed by atoms with E-state index >= 15 is 0 Å². The maximum atomic E-state index is 14.5. The number of hydrogen-bond donors (Lipinski definition) is 0. The van der Waals surface area contributed by atoms with Crippen molar-refractivity contribution in [2.75, 3.05) is 33.5 Å². The fourth-order valence-electron chi connectivity index (χ4n) is 6.36. The molecular weight excluding hydrogens is 538 g/mol. The first-order valence-corrected chi connectivity index (χ1v) is 15.3. The molecule has 7 nitrogen and oxygen atoms in total. The zero-order chi connectivity index (χ0) is 29.1. The highest BCUT2D eigenvalue weighted by molar-refractivity contribution is 8.00. The van der Waals surface area contributed by atoms with Gasteiger partial charge in [-0.3, -0.25) is 4.79 Å². The Morgan fingerprint density at radius 3 is 2.37 bits per heavy atom. The van der Waals surface area contributed by atoms with E-state index in [0.717, 1.165) is 10.5 Å². The summed E-state index contributed by atoms with van der Waals surface area (Å²) in [5.74, 6) is -1.78. The van der Waals surface area contributed by atoms with E-state index in [0.29, 0.717) is 32.7 Å². The molecule has 1 aliphatic carbocycles. The van der Waals surface area contributed by atoms with Gasteiger partial charge in [0.1, 0.15) is 0 Å². The molecule has 0 unspecified atom stereocenters. The van der Waals surface area contributed by atoms with Crippen LogP contribution in [-0.4, -0.2) is 61.4 Å². The molecule has 1 saturated carbocycles. The number of carbonyl (C=O) groups is 2. The van der Waals surface area contributed by atoms with Crippen molar-refractivity contribution in [3.8, 4) is 0 Å². The normalized spacial score (nSPS) is 28.6. The molecule has 1 spiro atoms. The van der Waals surface area contributed by atoms with E-state index in [1.54, 1.807) is 18.7 Å². The number of carbonyl (C=O) groups excluding carboxylic acids is 2. The molecule has 2 aromatic rings. The van der Waals surface area contributed by atoms with Crippen LogP contribution in [0.2, 0.25) is 0 Å². The van der Waals surface area contributed by atoms with Crippen LogP contribution < -0.4 is 0 Å². The molecule has 2 saturated heterocycles. The average molecular weight is 580 g/mol. The zero-order valence-electron chi connectivity index (χ0n) is 24.4. The summed E-state index contributed by atoms with van der Waals surface area (Å²) in [5.41, 5.74) is 0.0423. The predicted octanol–water partition coefficient (Wildman–Crippen LogP) is 5.69. The van der Waals surface area contributed by atoms with Crippen LogP contribution in [-0.2, 0) is 35.1 Å². The van der Waals surface area contributed by atoms with E-state index in [9.17, 15) is 9.59 Å². The van der Waals surface area contributed by atoms with E-state index in [-0.39, 0.29) is 41.7 Å². The molecule has 3 aliphatic rings. The summed E-state index contributed by atoms with van der Waals surface area (Å²) in [6.45, 7) is 8.06. The fraction of sp³-hybridized carbons (Fsp3) is 0.515. The highest BCUT2D eigenvalue weighted by Gasteiger charge is 2.67. The van der Waals surface area contributed by atoms with Crippen molar-refractivity contribution in [2.24, 2.45) is 22.7 Å². The van der Waals surface area contributed by atoms with Crippen LogP contribution in [0.15, 0.2) is 77.7 Å². The summed E-state index contributed by atoms with van der Waals surface area (Å²) < 4.78 is 24.7. The first kappa shape index (κ1) is 29.8. The summed E-state index contributed by atoms with van der Waals surface area (Å²) >= 11 is 1.68. The summed E-state index contributed by atoms with van der Waals surface area (Å²) in [5, 5.41) is -0.164. The monoisotopic (exact) mass is 579 g/mol. The third-order valence-corrected chi connectivity index (χ3v) is 9.92. The number of thioether (sulfide) groups is 1. The highest BCUT2D eigenvalue weighted by atomic mass is 32.2. The van der Waals surface area contributed by atoms with Gasteiger partial charge in [-0.05, 0) is 30.5 Å². The van der Waals surface area contributed by atoms with Gasteiger partial charge in [0, 0.05) is 42.2 Å². The van der Waals surface area contributed by atoms with Gasteiger partial charge in [0.15, 0.2) is 5.79 Å². The maximum absolute atomic E-state index is 14.5. The van der Waals surface area contributed by atoms with Crippen LogP contribution in [0.5, 0.6) is 0 Å². The van der Waals surface area contributed by atoms with Crippen molar-refractivity contribution >= 4 is 23.6 Å². The van der Waals surface area contributed by atoms with Gasteiger partial charge >= 0.3 is 5.97 Å². The van der Waals surface area contributed by atoms with E-state index < -0.39 is 17.2 Å². The van der Waals surface area contributed by atoms with Crippen LogP contribution in [0, 0.1) is 22.7 Å². The van der Waals surface area contributed by atoms with E-state index in [1.807, 2.05) is 66.6 Å². The van der Waals surface area contributed by atoms with Crippen molar-refractivity contribution in [1.29, 1.82) is 0 Å². The lowest BCUT2D eigenvalue weighted by Gasteiger charge is -2.54. The van der Waals surface area contributed by atoms with Crippen LogP contribution in [0.1, 0.15) is 39.2 Å². The molecule has 4 atom stereocenters. The molecule has 1 amide bonds. The lowest BCUT2D eigenvalue weighted by atomic mass is 9.59. The van der Waals surface area contributed by atoms with Gasteiger partial charge in [-0.2, -0.15) is 0 Å². The number of amides is 1. The van der Waals surface area contributed by atoms with Gasteiger partial charge in [-0.1, -0.05) is 68.5 Å². The molecule has 8 heteroatoms. The quantitative estimate of drug-likeness (QED) is 0.279. The second kappa shape index (κ2) is 12.3. The number of likely N-dealkylation sites (tertiary alicyclic amines) is 1. The number of hydrogen-bond acceptors (Lipinski definition) is 7. The Labute approximate surface area is 247 Å². The second-order valence-electron chi connectivity index (χ2n) is 12.1. The van der Waals surface area contributed by atoms with Crippen molar-refractivity contribution in [1.82, 2.24) is 4.90 Å². The third kappa shape index (κ3) is 6.26. The first-order chi connectivity index (χ1) is 19.7. The number of fused-ring (bicyclic) bond motifs is 1. The minimum absolute atomic E-state index is 0.0218. The topological polar surface area (TPSA) is 74.3 Å². The van der Waals surface area contributed by atoms with Crippen LogP contribution in [0.25, 0.3) is 0 Å². The number of ether oxygens (including phenoxy) is 4. The minimum atomic E-state index is -0.899. The molecule has 0 aromatic heterocycles. The Balaban J connectivity index is 1.54. The van der Waals surface area contributed by atoms with Gasteiger partial charge in [-0.15, -0.1) is 11.8 Å². The molecule has 220 valence electrons. The van der Waals surface area contributed by atoms with Crippen LogP contribution in [0.3, 0.4) is 0 Å². The predicted molar refractivity (Wildman–Crippen MR) is 158 cm³/mol. The Hall–Kier alpha value is -2.65. The van der Waals surface area contributed by atoms with Gasteiger partial charge in [-0.25, -0.2) is 4.79 Å². The lowest BCUT2D eigenvalue weighted by molar-refractivity contribution is -0.327. The van der Waals surface area contributed by atoms with E-state index in [4.69, 9.17) is 18.9 Å². The van der Waals surface area contributed by atoms with Gasteiger partial charge < -0.3 is 23.8 Å². The van der Waals surface area contributed by atoms with Crippen LogP contribution in [0.4, 0.5) is 0 Å². The Bertz CT molecular complexity index is 1220. The van der Waals surface area contributed by atoms with Crippen LogP contribution >= 0.6 is 11.8 Å². The van der Waals surface area contributed by atoms with Gasteiger partial charge in [0.25, 0.3) is 0 Å². The largest absolute Gasteiger partial charge is 0.463 e. The van der Waals surface area contributed by atoms with Crippen molar-refractivity contribution < 1.29 is 28.5 Å². The zero-order valence-corrected chi connectivity index (χ0v) is 25.2. The van der Waals surface area contributed by atoms with Gasteiger partial charge in [0.2, 0.25) is 5.91 Å². The number of rotatable bonds is 9. The number of esters is 1. The van der Waals surface area contributed by atoms with Gasteiger partial charge in [0.05, 0.1) is 43.8 Å². The molecule has 2 heterocycles. The standard InChI is InChI=1S/C33H41NO6S/c1-5-38-28(35)17-16-25-18-32(39-21-31(2,3)22-40-32)19-27-29(41-26-14-10-7-11-15-26)34(4)30(36)33(25,27)23-37-20-24-12-8-6-9-13-24/h6-17,25,27,29H,5,18-23H2,1-4H3/b17-16+/t25-,27-,29-,33-/m1/s1. The molecule has 0 N–H and O–H groups in total. The van der Waals surface area contributed by atoms with Crippen molar-refractivity contribution in [2.45, 2.75) is 56.3 Å². The molecule has 2 aromatic carbocycles.